The summed E-state index contributed by atoms with van der Waals surface area (Å²) < 4.78 is 50.8. The van der Waals surface area contributed by atoms with Crippen molar-refractivity contribution in [1.82, 2.24) is 0 Å². The summed E-state index contributed by atoms with van der Waals surface area (Å²) in [6, 6.07) is 8.71. The molecule has 4 rings (SSSR count). The molecule has 0 aliphatic heterocycles. The molecule has 1 heterocycles. The predicted molar refractivity (Wildman–Crippen MR) is 92.5 cm³/mol. The lowest BCUT2D eigenvalue weighted by atomic mass is 10.0. The number of fused-ring (bicyclic) bond motifs is 3. The van der Waals surface area contributed by atoms with Gasteiger partial charge in [0.2, 0.25) is 0 Å². The van der Waals surface area contributed by atoms with Crippen LogP contribution in [-0.4, -0.2) is 0 Å². The lowest BCUT2D eigenvalue weighted by molar-refractivity contribution is 1.65. The van der Waals surface area contributed by atoms with E-state index in [1.807, 2.05) is 30.3 Å². The van der Waals surface area contributed by atoms with Crippen LogP contribution in [0.4, 0.5) is 0 Å². The smallest absolute Gasteiger partial charge is 0.0644 e. The largest absolute Gasteiger partial charge is 0.135 e. The molecule has 0 unspecified atom stereocenters. The molecule has 0 saturated heterocycles. The van der Waals surface area contributed by atoms with E-state index in [4.69, 9.17) is 8.22 Å². The van der Waals surface area contributed by atoms with E-state index in [9.17, 15) is 0 Å². The third-order valence-corrected chi connectivity index (χ3v) is 4.70. The fourth-order valence-electron chi connectivity index (χ4n) is 2.18. The number of rotatable bonds is 1. The molecular formula is C18H11BrS. The van der Waals surface area contributed by atoms with E-state index < -0.39 is 0 Å². The third-order valence-electron chi connectivity index (χ3n) is 3.09. The lowest BCUT2D eigenvalue weighted by Crippen LogP contribution is -1.78. The van der Waals surface area contributed by atoms with Crippen LogP contribution >= 0.6 is 27.3 Å². The molecule has 3 aromatic carbocycles. The Labute approximate surface area is 138 Å². The second-order valence-corrected chi connectivity index (χ2v) is 6.13. The Morgan fingerprint density at radius 3 is 2.55 bits per heavy atom. The number of thiophene rings is 1. The van der Waals surface area contributed by atoms with Gasteiger partial charge in [-0.3, -0.25) is 0 Å². The molecule has 96 valence electrons. The van der Waals surface area contributed by atoms with Crippen LogP contribution in [0, 0.1) is 0 Å². The molecule has 0 spiro atoms. The molecule has 1 aromatic heterocycles. The number of halogens is 1. The Balaban J connectivity index is 2.25. The fraction of sp³-hybridized carbons (Fsp3) is 0. The second kappa shape index (κ2) is 4.72. The van der Waals surface area contributed by atoms with Gasteiger partial charge in [0.05, 0.1) is 8.22 Å². The highest BCUT2D eigenvalue weighted by molar-refractivity contribution is 9.10. The molecule has 0 bridgehead atoms. The van der Waals surface area contributed by atoms with E-state index in [1.165, 1.54) is 11.3 Å². The van der Waals surface area contributed by atoms with E-state index in [0.717, 1.165) is 5.56 Å². The van der Waals surface area contributed by atoms with E-state index in [-0.39, 0.29) is 36.3 Å². The normalized spacial score (nSPS) is 15.4. The second-order valence-electron chi connectivity index (χ2n) is 4.32. The minimum absolute atomic E-state index is 0.110. The summed E-state index contributed by atoms with van der Waals surface area (Å²) in [4.78, 5) is 0. The van der Waals surface area contributed by atoms with Crippen molar-refractivity contribution in [2.45, 2.75) is 0 Å². The van der Waals surface area contributed by atoms with Crippen LogP contribution in [0.3, 0.4) is 0 Å². The lowest BCUT2D eigenvalue weighted by Gasteiger charge is -2.04. The highest BCUT2D eigenvalue weighted by Crippen LogP contribution is 2.40. The quantitative estimate of drug-likeness (QED) is 0.370. The van der Waals surface area contributed by atoms with Crippen molar-refractivity contribution in [1.29, 1.82) is 0 Å². The summed E-state index contributed by atoms with van der Waals surface area (Å²) in [5, 5.41) is 0.871. The Morgan fingerprint density at radius 2 is 1.70 bits per heavy atom. The average Bonchev–Trinajstić information content (AvgIpc) is 3.05. The first-order chi connectivity index (χ1) is 12.3. The van der Waals surface area contributed by atoms with Crippen molar-refractivity contribution >= 4 is 47.4 Å². The first-order valence-corrected chi connectivity index (χ1v) is 7.62. The van der Waals surface area contributed by atoms with Gasteiger partial charge in [0, 0.05) is 24.6 Å². The predicted octanol–water partition coefficient (Wildman–Crippen LogP) is 6.48. The molecule has 0 amide bonds. The monoisotopic (exact) mass is 344 g/mol. The van der Waals surface area contributed by atoms with Gasteiger partial charge in [0.25, 0.3) is 0 Å². The van der Waals surface area contributed by atoms with Gasteiger partial charge in [-0.1, -0.05) is 64.4 Å². The van der Waals surface area contributed by atoms with Crippen molar-refractivity contribution in [2.24, 2.45) is 0 Å². The van der Waals surface area contributed by atoms with Gasteiger partial charge in [-0.2, -0.15) is 0 Å². The van der Waals surface area contributed by atoms with Crippen molar-refractivity contribution < 1.29 is 8.22 Å². The summed E-state index contributed by atoms with van der Waals surface area (Å²) in [6.07, 6.45) is 0. The van der Waals surface area contributed by atoms with Crippen LogP contribution in [0.2, 0.25) is 0 Å². The van der Waals surface area contributed by atoms with Gasteiger partial charge in [0.1, 0.15) is 0 Å². The molecule has 0 fully saturated rings. The van der Waals surface area contributed by atoms with Gasteiger partial charge in [0.15, 0.2) is 0 Å². The van der Waals surface area contributed by atoms with Crippen LogP contribution < -0.4 is 0 Å². The minimum atomic E-state index is -0.306. The van der Waals surface area contributed by atoms with E-state index in [0.29, 0.717) is 30.2 Å². The van der Waals surface area contributed by atoms with Crippen LogP contribution in [0.1, 0.15) is 8.22 Å². The number of hydrogen-bond donors (Lipinski definition) is 0. The molecule has 2 heteroatoms. The van der Waals surface area contributed by atoms with Crippen molar-refractivity contribution in [3.63, 3.8) is 0 Å². The first kappa shape index (κ1) is 7.39. The van der Waals surface area contributed by atoms with Crippen LogP contribution in [0.25, 0.3) is 31.3 Å². The fourth-order valence-corrected chi connectivity index (χ4v) is 3.93. The molecule has 0 aliphatic carbocycles. The molecule has 0 radical (unpaired) electrons. The summed E-state index contributed by atoms with van der Waals surface area (Å²) >= 11 is 4.62. The standard InChI is InChI=1S/C18H11BrS/c19-15-10-13(12-6-2-1-3-7-12)11-17-18(15)14-8-4-5-9-16(14)20-17/h1-11H/i4D,5D,8D,9D,10D,11D. The highest BCUT2D eigenvalue weighted by Gasteiger charge is 2.10. The summed E-state index contributed by atoms with van der Waals surface area (Å²) in [5.74, 6) is 0. The maximum atomic E-state index is 8.65. The molecule has 20 heavy (non-hydrogen) atoms. The minimum Gasteiger partial charge on any atom is -0.135 e. The van der Waals surface area contributed by atoms with Gasteiger partial charge in [-0.05, 0) is 29.3 Å². The topological polar surface area (TPSA) is 0 Å². The van der Waals surface area contributed by atoms with Crippen LogP contribution in [-0.2, 0) is 0 Å². The van der Waals surface area contributed by atoms with Gasteiger partial charge in [-0.25, -0.2) is 0 Å². The molecule has 4 aromatic rings. The zero-order valence-corrected chi connectivity index (χ0v) is 12.6. The Morgan fingerprint density at radius 1 is 0.900 bits per heavy atom. The number of hydrogen-bond acceptors (Lipinski definition) is 1. The Hall–Kier alpha value is -1.64. The molecule has 0 atom stereocenters. The Kier molecular flexibility index (Phi) is 1.75. The molecular weight excluding hydrogens is 328 g/mol. The zero-order valence-electron chi connectivity index (χ0n) is 16.2. The average molecular weight is 345 g/mol. The number of benzene rings is 3. The van der Waals surface area contributed by atoms with E-state index in [1.54, 1.807) is 0 Å². The van der Waals surface area contributed by atoms with Crippen LogP contribution in [0.5, 0.6) is 0 Å². The molecule has 0 N–H and O–H groups in total. The maximum Gasteiger partial charge on any atom is 0.0644 e. The van der Waals surface area contributed by atoms with Gasteiger partial charge >= 0.3 is 0 Å². The molecule has 0 aliphatic rings. The summed E-state index contributed by atoms with van der Waals surface area (Å²) in [5.41, 5.74) is 1.23. The van der Waals surface area contributed by atoms with E-state index in [2.05, 4.69) is 15.9 Å². The van der Waals surface area contributed by atoms with E-state index >= 15 is 0 Å². The third kappa shape index (κ3) is 1.88. The Bertz CT molecular complexity index is 1200. The SMILES string of the molecule is [2H]c1c([2H])c([2H])c2c(sc3c([2H])c(-c4ccccc4)c([2H])c(Br)c32)c1[2H]. The van der Waals surface area contributed by atoms with Gasteiger partial charge in [-0.15, -0.1) is 11.3 Å². The summed E-state index contributed by atoms with van der Waals surface area (Å²) in [7, 11) is 0. The zero-order chi connectivity index (χ0) is 18.7. The maximum absolute atomic E-state index is 8.65. The van der Waals surface area contributed by atoms with Crippen molar-refractivity contribution in [3.05, 3.63) is 71.1 Å². The van der Waals surface area contributed by atoms with Crippen molar-refractivity contribution in [2.75, 3.05) is 0 Å². The highest BCUT2D eigenvalue weighted by atomic mass is 79.9. The first-order valence-electron chi connectivity index (χ1n) is 9.01. The molecule has 0 nitrogen and oxygen atoms in total. The van der Waals surface area contributed by atoms with Gasteiger partial charge < -0.3 is 0 Å². The molecule has 0 saturated carbocycles. The summed E-state index contributed by atoms with van der Waals surface area (Å²) in [6.45, 7) is 0. The van der Waals surface area contributed by atoms with Crippen molar-refractivity contribution in [3.8, 4) is 11.1 Å². The van der Waals surface area contributed by atoms with Crippen LogP contribution in [0.15, 0.2) is 71.1 Å².